The van der Waals surface area contributed by atoms with E-state index in [2.05, 4.69) is 30.5 Å². The Balaban J connectivity index is 1.71. The average molecular weight is 413 g/mol. The smallest absolute Gasteiger partial charge is 0.367 e. The third-order valence-corrected chi connectivity index (χ3v) is 3.87. The highest BCUT2D eigenvalue weighted by Gasteiger charge is 2.27. The van der Waals surface area contributed by atoms with Crippen LogP contribution in [0.1, 0.15) is 42.6 Å². The summed E-state index contributed by atoms with van der Waals surface area (Å²) in [6, 6.07) is 7.15. The quantitative estimate of drug-likeness (QED) is 0.485. The molecule has 0 spiro atoms. The molecule has 0 aliphatic rings. The van der Waals surface area contributed by atoms with Crippen LogP contribution < -0.4 is 10.6 Å². The Labute approximate surface area is 167 Å². The number of alkyl halides is 3. The van der Waals surface area contributed by atoms with E-state index in [-0.39, 0.29) is 12.5 Å². The van der Waals surface area contributed by atoms with Crippen molar-refractivity contribution in [2.75, 3.05) is 20.2 Å². The Bertz CT molecular complexity index is 773. The van der Waals surface area contributed by atoms with E-state index in [1.807, 2.05) is 26.0 Å². The number of aromatic nitrogens is 2. The minimum atomic E-state index is -4.31. The molecule has 0 bridgehead atoms. The zero-order valence-electron chi connectivity index (χ0n) is 16.7. The molecule has 0 radical (unpaired) electrons. The molecular weight excluding hydrogens is 387 g/mol. The SMILES string of the molecule is CN=C(NCCc1nc(C(C)C)no1)NCc1ccc(COCC(F)(F)F)cc1. The molecule has 0 fully saturated rings. The maximum Gasteiger partial charge on any atom is 0.411 e. The standard InChI is InChI=1S/C19H26F3N5O2/c1-13(2)17-26-16(29-27-17)8-9-24-18(23-3)25-10-14-4-6-15(7-5-14)11-28-12-19(20,21)22/h4-7,13H,8-12H2,1-3H3,(H2,23,24,25). The lowest BCUT2D eigenvalue weighted by atomic mass is 10.1. The number of benzene rings is 1. The summed E-state index contributed by atoms with van der Waals surface area (Å²) >= 11 is 0. The zero-order valence-corrected chi connectivity index (χ0v) is 16.7. The molecule has 2 rings (SSSR count). The van der Waals surface area contributed by atoms with Crippen LogP contribution in [-0.4, -0.2) is 42.5 Å². The Kier molecular flexibility index (Phi) is 8.44. The Morgan fingerprint density at radius 3 is 2.45 bits per heavy atom. The van der Waals surface area contributed by atoms with Crippen molar-refractivity contribution in [1.82, 2.24) is 20.8 Å². The first kappa shape index (κ1) is 22.7. The van der Waals surface area contributed by atoms with E-state index in [4.69, 9.17) is 4.52 Å². The molecule has 0 atom stereocenters. The molecule has 7 nitrogen and oxygen atoms in total. The molecule has 29 heavy (non-hydrogen) atoms. The summed E-state index contributed by atoms with van der Waals surface area (Å²) in [4.78, 5) is 8.47. The molecule has 0 saturated carbocycles. The highest BCUT2D eigenvalue weighted by Crippen LogP contribution is 2.16. The highest BCUT2D eigenvalue weighted by molar-refractivity contribution is 5.79. The second-order valence-electron chi connectivity index (χ2n) is 6.73. The number of halogens is 3. The summed E-state index contributed by atoms with van der Waals surface area (Å²) < 4.78 is 46.1. The van der Waals surface area contributed by atoms with Crippen molar-refractivity contribution in [2.24, 2.45) is 4.99 Å². The predicted molar refractivity (Wildman–Crippen MR) is 102 cm³/mol. The first-order valence-electron chi connectivity index (χ1n) is 9.26. The number of rotatable bonds is 9. The van der Waals surface area contributed by atoms with Crippen LogP contribution in [0.4, 0.5) is 13.2 Å². The number of hydrogen-bond donors (Lipinski definition) is 2. The first-order chi connectivity index (χ1) is 13.8. The molecule has 0 amide bonds. The molecule has 1 aromatic carbocycles. The first-order valence-corrected chi connectivity index (χ1v) is 9.26. The van der Waals surface area contributed by atoms with E-state index in [9.17, 15) is 13.2 Å². The van der Waals surface area contributed by atoms with Crippen molar-refractivity contribution in [3.8, 4) is 0 Å². The van der Waals surface area contributed by atoms with Gasteiger partial charge in [0.15, 0.2) is 11.8 Å². The molecule has 0 aliphatic carbocycles. The largest absolute Gasteiger partial charge is 0.411 e. The van der Waals surface area contributed by atoms with Gasteiger partial charge in [-0.2, -0.15) is 18.2 Å². The number of ether oxygens (including phenoxy) is 1. The summed E-state index contributed by atoms with van der Waals surface area (Å²) in [5.74, 6) is 2.10. The van der Waals surface area contributed by atoms with E-state index in [0.717, 1.165) is 5.56 Å². The van der Waals surface area contributed by atoms with Crippen LogP contribution in [0.3, 0.4) is 0 Å². The number of aliphatic imine (C=N–C) groups is 1. The molecule has 0 unspecified atom stereocenters. The number of nitrogens with zero attached hydrogens (tertiary/aromatic N) is 3. The van der Waals surface area contributed by atoms with Crippen LogP contribution >= 0.6 is 0 Å². The van der Waals surface area contributed by atoms with Gasteiger partial charge < -0.3 is 19.9 Å². The summed E-state index contributed by atoms with van der Waals surface area (Å²) in [6.45, 7) is 3.77. The van der Waals surface area contributed by atoms with Gasteiger partial charge in [-0.1, -0.05) is 43.3 Å². The van der Waals surface area contributed by atoms with Gasteiger partial charge in [0.2, 0.25) is 5.89 Å². The third-order valence-electron chi connectivity index (χ3n) is 3.87. The maximum absolute atomic E-state index is 12.1. The monoisotopic (exact) mass is 413 g/mol. The fraction of sp³-hybridized carbons (Fsp3) is 0.526. The van der Waals surface area contributed by atoms with Crippen molar-refractivity contribution < 1.29 is 22.4 Å². The number of hydrogen-bond acceptors (Lipinski definition) is 5. The lowest BCUT2D eigenvalue weighted by molar-refractivity contribution is -0.176. The number of nitrogens with one attached hydrogen (secondary N) is 2. The topological polar surface area (TPSA) is 84.6 Å². The van der Waals surface area contributed by atoms with Crippen molar-refractivity contribution in [3.05, 3.63) is 47.1 Å². The van der Waals surface area contributed by atoms with Gasteiger partial charge in [0, 0.05) is 32.5 Å². The Morgan fingerprint density at radius 1 is 1.17 bits per heavy atom. The van der Waals surface area contributed by atoms with Gasteiger partial charge in [0.05, 0.1) is 6.61 Å². The normalized spacial score (nSPS) is 12.4. The molecule has 2 N–H and O–H groups in total. The van der Waals surface area contributed by atoms with Gasteiger partial charge in [-0.05, 0) is 11.1 Å². The molecular formula is C19H26F3N5O2. The fourth-order valence-corrected chi connectivity index (χ4v) is 2.34. The molecule has 0 saturated heterocycles. The van der Waals surface area contributed by atoms with Crippen LogP contribution in [0.5, 0.6) is 0 Å². The van der Waals surface area contributed by atoms with E-state index in [0.29, 0.717) is 42.7 Å². The lowest BCUT2D eigenvalue weighted by Gasteiger charge is -2.12. The van der Waals surface area contributed by atoms with Gasteiger partial charge >= 0.3 is 6.18 Å². The van der Waals surface area contributed by atoms with E-state index in [1.54, 1.807) is 19.2 Å². The second kappa shape index (κ2) is 10.8. The highest BCUT2D eigenvalue weighted by atomic mass is 19.4. The minimum absolute atomic E-state index is 0.0787. The summed E-state index contributed by atoms with van der Waals surface area (Å²) in [7, 11) is 1.67. The van der Waals surface area contributed by atoms with Gasteiger partial charge in [-0.25, -0.2) is 0 Å². The van der Waals surface area contributed by atoms with Crippen molar-refractivity contribution >= 4 is 5.96 Å². The van der Waals surface area contributed by atoms with Gasteiger partial charge in [0.1, 0.15) is 6.61 Å². The average Bonchev–Trinajstić information content (AvgIpc) is 3.14. The third kappa shape index (κ3) is 8.51. The predicted octanol–water partition coefficient (Wildman–Crippen LogP) is 3.18. The minimum Gasteiger partial charge on any atom is -0.367 e. The molecule has 160 valence electrons. The van der Waals surface area contributed by atoms with Crippen LogP contribution in [0, 0.1) is 0 Å². The Morgan fingerprint density at radius 2 is 1.86 bits per heavy atom. The zero-order chi connectivity index (χ0) is 21.3. The van der Waals surface area contributed by atoms with E-state index < -0.39 is 12.8 Å². The maximum atomic E-state index is 12.1. The van der Waals surface area contributed by atoms with Crippen molar-refractivity contribution in [2.45, 2.75) is 45.5 Å². The van der Waals surface area contributed by atoms with Gasteiger partial charge in [0.25, 0.3) is 0 Å². The summed E-state index contributed by atoms with van der Waals surface area (Å²) in [5.41, 5.74) is 1.65. The fourth-order valence-electron chi connectivity index (χ4n) is 2.34. The summed E-state index contributed by atoms with van der Waals surface area (Å²) in [6.07, 6.45) is -3.74. The molecule has 1 heterocycles. The lowest BCUT2D eigenvalue weighted by Crippen LogP contribution is -2.37. The van der Waals surface area contributed by atoms with E-state index in [1.165, 1.54) is 0 Å². The Hall–Kier alpha value is -2.62. The summed E-state index contributed by atoms with van der Waals surface area (Å²) in [5, 5.41) is 10.3. The molecule has 10 heteroatoms. The van der Waals surface area contributed by atoms with Crippen molar-refractivity contribution in [3.63, 3.8) is 0 Å². The van der Waals surface area contributed by atoms with Crippen LogP contribution in [0.25, 0.3) is 0 Å². The second-order valence-corrected chi connectivity index (χ2v) is 6.73. The van der Waals surface area contributed by atoms with Crippen LogP contribution in [-0.2, 0) is 24.3 Å². The van der Waals surface area contributed by atoms with Crippen molar-refractivity contribution in [1.29, 1.82) is 0 Å². The van der Waals surface area contributed by atoms with Crippen LogP contribution in [0.15, 0.2) is 33.8 Å². The van der Waals surface area contributed by atoms with Crippen LogP contribution in [0.2, 0.25) is 0 Å². The van der Waals surface area contributed by atoms with Gasteiger partial charge in [-0.15, -0.1) is 0 Å². The van der Waals surface area contributed by atoms with E-state index >= 15 is 0 Å². The molecule has 1 aromatic heterocycles. The van der Waals surface area contributed by atoms with Gasteiger partial charge in [-0.3, -0.25) is 4.99 Å². The number of guanidine groups is 1. The molecule has 0 aliphatic heterocycles. The molecule has 2 aromatic rings.